The molecule has 4 aromatic rings. The summed E-state index contributed by atoms with van der Waals surface area (Å²) in [5.41, 5.74) is 5.91. The molecular weight excluding hydrogens is 602 g/mol. The lowest BCUT2D eigenvalue weighted by Gasteiger charge is -2.31. The predicted octanol–water partition coefficient (Wildman–Crippen LogP) is 6.51. The van der Waals surface area contributed by atoms with Gasteiger partial charge in [-0.25, -0.2) is 0 Å². The standard InChI is InChI=1S/C36H38ClN5O4/c37-33-23-28(40-36(46)25-3-12-30(13-4-25)42-21-17-32(44)18-22-42)9-14-34(33)38-26-5-7-27(8-6-26)39-35(45)24-1-10-29(11-2-24)41-19-15-31(43)16-20-41/h1-14,23,31-32,38,43-44H,15-22H2,(H,39,45)(H,40,46). The molecule has 2 aliphatic rings. The van der Waals surface area contributed by atoms with Crippen molar-refractivity contribution < 1.29 is 19.8 Å². The molecule has 0 bridgehead atoms. The number of rotatable bonds is 8. The average molecular weight is 640 g/mol. The number of anilines is 6. The molecule has 2 aliphatic heterocycles. The fourth-order valence-electron chi connectivity index (χ4n) is 5.79. The zero-order chi connectivity index (χ0) is 32.0. The van der Waals surface area contributed by atoms with Crippen LogP contribution in [-0.2, 0) is 0 Å². The number of amides is 2. The number of hydrogen-bond acceptors (Lipinski definition) is 7. The van der Waals surface area contributed by atoms with Crippen molar-refractivity contribution in [3.05, 3.63) is 107 Å². The fourth-order valence-corrected chi connectivity index (χ4v) is 6.02. The normalized spacial score (nSPS) is 15.8. The summed E-state index contributed by atoms with van der Waals surface area (Å²) in [5, 5.41) is 29.0. The van der Waals surface area contributed by atoms with Gasteiger partial charge < -0.3 is 36.0 Å². The van der Waals surface area contributed by atoms with Gasteiger partial charge in [-0.2, -0.15) is 0 Å². The van der Waals surface area contributed by atoms with Gasteiger partial charge in [0.05, 0.1) is 22.9 Å². The van der Waals surface area contributed by atoms with E-state index in [2.05, 4.69) is 25.8 Å². The Hall–Kier alpha value is -4.57. The zero-order valence-corrected chi connectivity index (χ0v) is 26.2. The van der Waals surface area contributed by atoms with Crippen molar-refractivity contribution in [3.8, 4) is 0 Å². The van der Waals surface area contributed by atoms with Crippen molar-refractivity contribution in [1.82, 2.24) is 0 Å². The van der Waals surface area contributed by atoms with Crippen LogP contribution >= 0.6 is 11.6 Å². The van der Waals surface area contributed by atoms with Gasteiger partial charge in [0.2, 0.25) is 0 Å². The van der Waals surface area contributed by atoms with Crippen LogP contribution < -0.4 is 25.8 Å². The predicted molar refractivity (Wildman–Crippen MR) is 185 cm³/mol. The molecule has 46 heavy (non-hydrogen) atoms. The first-order valence-corrected chi connectivity index (χ1v) is 16.0. The van der Waals surface area contributed by atoms with Crippen LogP contribution in [-0.4, -0.2) is 60.4 Å². The zero-order valence-electron chi connectivity index (χ0n) is 25.5. The summed E-state index contributed by atoms with van der Waals surface area (Å²) in [6.45, 7) is 3.21. The van der Waals surface area contributed by atoms with Crippen molar-refractivity contribution >= 4 is 57.5 Å². The van der Waals surface area contributed by atoms with E-state index in [9.17, 15) is 19.8 Å². The molecular formula is C36H38ClN5O4. The van der Waals surface area contributed by atoms with Crippen LogP contribution in [0, 0.1) is 0 Å². The summed E-state index contributed by atoms with van der Waals surface area (Å²) >= 11 is 6.55. The van der Waals surface area contributed by atoms with Crippen molar-refractivity contribution in [1.29, 1.82) is 0 Å². The highest BCUT2D eigenvalue weighted by molar-refractivity contribution is 6.33. The number of hydrogen-bond donors (Lipinski definition) is 5. The molecule has 2 saturated heterocycles. The first-order chi connectivity index (χ1) is 22.3. The highest BCUT2D eigenvalue weighted by Crippen LogP contribution is 2.30. The molecule has 4 aromatic carbocycles. The first-order valence-electron chi connectivity index (χ1n) is 15.7. The van der Waals surface area contributed by atoms with Crippen molar-refractivity contribution in [3.63, 3.8) is 0 Å². The van der Waals surface area contributed by atoms with E-state index in [0.717, 1.165) is 68.9 Å². The van der Waals surface area contributed by atoms with E-state index in [4.69, 9.17) is 11.6 Å². The third-order valence-corrected chi connectivity index (χ3v) is 8.88. The molecule has 2 heterocycles. The van der Waals surface area contributed by atoms with Gasteiger partial charge in [-0.15, -0.1) is 0 Å². The number of aliphatic hydroxyl groups is 2. The molecule has 0 spiro atoms. The molecule has 0 saturated carbocycles. The van der Waals surface area contributed by atoms with E-state index in [-0.39, 0.29) is 24.0 Å². The number of piperidine rings is 2. The molecule has 2 amide bonds. The summed E-state index contributed by atoms with van der Waals surface area (Å²) in [4.78, 5) is 30.1. The number of nitrogens with zero attached hydrogens (tertiary/aromatic N) is 2. The smallest absolute Gasteiger partial charge is 0.255 e. The summed E-state index contributed by atoms with van der Waals surface area (Å²) in [7, 11) is 0. The lowest BCUT2D eigenvalue weighted by molar-refractivity contribution is 0.101. The maximum Gasteiger partial charge on any atom is 0.255 e. The van der Waals surface area contributed by atoms with Crippen LogP contribution in [0.15, 0.2) is 91.0 Å². The Balaban J connectivity index is 1.00. The first kappa shape index (κ1) is 31.4. The fraction of sp³-hybridized carbons (Fsp3) is 0.278. The molecule has 0 aromatic heterocycles. The lowest BCUT2D eigenvalue weighted by atomic mass is 10.1. The number of aliphatic hydroxyl groups excluding tert-OH is 2. The average Bonchev–Trinajstić information content (AvgIpc) is 3.08. The molecule has 0 unspecified atom stereocenters. The van der Waals surface area contributed by atoms with Gasteiger partial charge in [-0.05, 0) is 117 Å². The number of carbonyl (C=O) groups excluding carboxylic acids is 2. The summed E-state index contributed by atoms with van der Waals surface area (Å²) < 4.78 is 0. The molecule has 5 N–H and O–H groups in total. The Labute approximate surface area is 273 Å². The quantitative estimate of drug-likeness (QED) is 0.149. The van der Waals surface area contributed by atoms with Crippen LogP contribution in [0.2, 0.25) is 5.02 Å². The Morgan fingerprint density at radius 3 is 1.46 bits per heavy atom. The Kier molecular flexibility index (Phi) is 9.73. The van der Waals surface area contributed by atoms with Crippen LogP contribution in [0.25, 0.3) is 0 Å². The minimum Gasteiger partial charge on any atom is -0.393 e. The molecule has 6 rings (SSSR count). The Bertz CT molecular complexity index is 1650. The molecule has 10 heteroatoms. The van der Waals surface area contributed by atoms with Gasteiger partial charge in [0.1, 0.15) is 0 Å². The topological polar surface area (TPSA) is 117 Å². The minimum absolute atomic E-state index is 0.194. The number of halogens is 1. The maximum atomic E-state index is 12.9. The van der Waals surface area contributed by atoms with Crippen molar-refractivity contribution in [2.75, 3.05) is 51.9 Å². The highest BCUT2D eigenvalue weighted by atomic mass is 35.5. The molecule has 9 nitrogen and oxygen atoms in total. The van der Waals surface area contributed by atoms with E-state index in [1.165, 1.54) is 0 Å². The van der Waals surface area contributed by atoms with Crippen molar-refractivity contribution in [2.45, 2.75) is 37.9 Å². The minimum atomic E-state index is -0.229. The van der Waals surface area contributed by atoms with Gasteiger partial charge in [0, 0.05) is 65.7 Å². The Morgan fingerprint density at radius 1 is 0.587 bits per heavy atom. The van der Waals surface area contributed by atoms with Crippen molar-refractivity contribution in [2.24, 2.45) is 0 Å². The third kappa shape index (κ3) is 7.80. The summed E-state index contributed by atoms with van der Waals surface area (Å²) in [6.07, 6.45) is 2.56. The second-order valence-electron chi connectivity index (χ2n) is 11.8. The molecule has 0 radical (unpaired) electrons. The van der Waals surface area contributed by atoms with Gasteiger partial charge in [-0.3, -0.25) is 9.59 Å². The summed E-state index contributed by atoms with van der Waals surface area (Å²) in [6, 6.07) is 27.6. The van der Waals surface area contributed by atoms with E-state index in [0.29, 0.717) is 33.2 Å². The van der Waals surface area contributed by atoms with Gasteiger partial charge in [-0.1, -0.05) is 11.6 Å². The Morgan fingerprint density at radius 2 is 1.00 bits per heavy atom. The van der Waals surface area contributed by atoms with E-state index < -0.39 is 0 Å². The summed E-state index contributed by atoms with van der Waals surface area (Å²) in [5.74, 6) is -0.422. The van der Waals surface area contributed by atoms with E-state index in [1.807, 2.05) is 60.7 Å². The van der Waals surface area contributed by atoms with E-state index in [1.54, 1.807) is 30.3 Å². The molecule has 238 valence electrons. The monoisotopic (exact) mass is 639 g/mol. The van der Waals surface area contributed by atoms with Crippen LogP contribution in [0.5, 0.6) is 0 Å². The molecule has 0 atom stereocenters. The SMILES string of the molecule is O=C(Nc1ccc(Nc2ccc(NC(=O)c3ccc(N4CCC(O)CC4)cc3)cc2Cl)cc1)c1ccc(N2CCC(O)CC2)cc1. The van der Waals surface area contributed by atoms with Crippen LogP contribution in [0.4, 0.5) is 34.1 Å². The van der Waals surface area contributed by atoms with Crippen LogP contribution in [0.3, 0.4) is 0 Å². The third-order valence-electron chi connectivity index (χ3n) is 8.57. The second kappa shape index (κ2) is 14.2. The second-order valence-corrected chi connectivity index (χ2v) is 12.2. The van der Waals surface area contributed by atoms with E-state index >= 15 is 0 Å². The molecule has 0 aliphatic carbocycles. The number of benzene rings is 4. The van der Waals surface area contributed by atoms with Gasteiger partial charge in [0.25, 0.3) is 11.8 Å². The lowest BCUT2D eigenvalue weighted by Crippen LogP contribution is -2.35. The maximum absolute atomic E-state index is 12.9. The largest absolute Gasteiger partial charge is 0.393 e. The van der Waals surface area contributed by atoms with Gasteiger partial charge in [0.15, 0.2) is 0 Å². The van der Waals surface area contributed by atoms with Crippen LogP contribution in [0.1, 0.15) is 46.4 Å². The highest BCUT2D eigenvalue weighted by Gasteiger charge is 2.19. The molecule has 2 fully saturated rings. The number of carbonyl (C=O) groups is 2. The number of nitrogens with one attached hydrogen (secondary N) is 3. The van der Waals surface area contributed by atoms with Gasteiger partial charge >= 0.3 is 0 Å².